The minimum Gasteiger partial charge on any atom is -0.310 e. The van der Waals surface area contributed by atoms with Crippen LogP contribution in [0.3, 0.4) is 0 Å². The molecule has 0 aromatic heterocycles. The van der Waals surface area contributed by atoms with Gasteiger partial charge in [0.2, 0.25) is 5.91 Å². The van der Waals surface area contributed by atoms with E-state index in [0.29, 0.717) is 18.3 Å². The maximum absolute atomic E-state index is 11.3. The van der Waals surface area contributed by atoms with Crippen LogP contribution in [0.5, 0.6) is 0 Å². The van der Waals surface area contributed by atoms with Gasteiger partial charge < -0.3 is 10.2 Å². The molecule has 4 nitrogen and oxygen atoms in total. The Morgan fingerprint density at radius 3 is 2.93 bits per heavy atom. The summed E-state index contributed by atoms with van der Waals surface area (Å²) in [5, 5.41) is 2.75. The van der Waals surface area contributed by atoms with Crippen molar-refractivity contribution in [3.8, 4) is 0 Å². The van der Waals surface area contributed by atoms with E-state index in [0.717, 1.165) is 6.42 Å². The third kappa shape index (κ3) is 3.70. The van der Waals surface area contributed by atoms with Crippen molar-refractivity contribution in [3.05, 3.63) is 11.9 Å². The molecular formula is C10H17N3O. The van der Waals surface area contributed by atoms with Gasteiger partial charge in [-0.2, -0.15) is 0 Å². The highest BCUT2D eigenvalue weighted by Gasteiger charge is 2.08. The van der Waals surface area contributed by atoms with Gasteiger partial charge in [0.1, 0.15) is 5.82 Å². The summed E-state index contributed by atoms with van der Waals surface area (Å²) in [6.07, 6.45) is 4.77. The number of allylic oxidation sites excluding steroid dienone is 1. The average molecular weight is 195 g/mol. The fraction of sp³-hybridized carbons (Fsp3) is 0.600. The van der Waals surface area contributed by atoms with Crippen LogP contribution in [0.2, 0.25) is 0 Å². The number of nitrogens with zero attached hydrogens (tertiary/aromatic N) is 2. The Morgan fingerprint density at radius 2 is 2.43 bits per heavy atom. The molecule has 0 aromatic carbocycles. The Balaban J connectivity index is 2.38. The van der Waals surface area contributed by atoms with Crippen molar-refractivity contribution in [2.45, 2.75) is 13.3 Å². The molecule has 0 fully saturated rings. The zero-order valence-corrected chi connectivity index (χ0v) is 8.95. The summed E-state index contributed by atoms with van der Waals surface area (Å²) in [6.45, 7) is 2.49. The maximum Gasteiger partial charge on any atom is 0.239 e. The number of likely N-dealkylation sites (N-methyl/N-ethyl adjacent to an activating group) is 1. The molecule has 1 aliphatic rings. The summed E-state index contributed by atoms with van der Waals surface area (Å²) >= 11 is 0. The topological polar surface area (TPSA) is 44.7 Å². The third-order valence-corrected chi connectivity index (χ3v) is 1.88. The lowest BCUT2D eigenvalue weighted by molar-refractivity contribution is -0.121. The molecule has 0 aliphatic carbocycles. The van der Waals surface area contributed by atoms with Gasteiger partial charge >= 0.3 is 0 Å². The van der Waals surface area contributed by atoms with E-state index >= 15 is 0 Å². The Kier molecular flexibility index (Phi) is 3.83. The molecule has 14 heavy (non-hydrogen) atoms. The maximum atomic E-state index is 11.3. The Hall–Kier alpha value is -1.16. The molecule has 1 aliphatic heterocycles. The minimum absolute atomic E-state index is 0.0204. The van der Waals surface area contributed by atoms with Crippen molar-refractivity contribution in [1.29, 1.82) is 0 Å². The van der Waals surface area contributed by atoms with Gasteiger partial charge in [-0.25, -0.2) is 4.99 Å². The summed E-state index contributed by atoms with van der Waals surface area (Å²) < 4.78 is 0. The van der Waals surface area contributed by atoms with Gasteiger partial charge in [-0.1, -0.05) is 6.92 Å². The van der Waals surface area contributed by atoms with E-state index in [2.05, 4.69) is 17.2 Å². The van der Waals surface area contributed by atoms with Crippen molar-refractivity contribution >= 4 is 12.1 Å². The zero-order valence-electron chi connectivity index (χ0n) is 8.95. The van der Waals surface area contributed by atoms with E-state index in [1.165, 1.54) is 0 Å². The van der Waals surface area contributed by atoms with E-state index in [1.807, 2.05) is 31.3 Å². The Morgan fingerprint density at radius 1 is 1.71 bits per heavy atom. The number of carbonyl (C=O) groups is 1. The number of hydrogen-bond donors (Lipinski definition) is 1. The van der Waals surface area contributed by atoms with E-state index < -0.39 is 0 Å². The van der Waals surface area contributed by atoms with Crippen LogP contribution in [0, 0.1) is 5.92 Å². The van der Waals surface area contributed by atoms with Crippen LogP contribution >= 0.6 is 0 Å². The molecule has 1 N–H and O–H groups in total. The summed E-state index contributed by atoms with van der Waals surface area (Å²) in [5.41, 5.74) is 0. The van der Waals surface area contributed by atoms with Gasteiger partial charge in [0.05, 0.1) is 6.54 Å². The van der Waals surface area contributed by atoms with E-state index in [4.69, 9.17) is 0 Å². The summed E-state index contributed by atoms with van der Waals surface area (Å²) in [5.74, 6) is 1.13. The second kappa shape index (κ2) is 4.91. The van der Waals surface area contributed by atoms with Crippen molar-refractivity contribution in [1.82, 2.24) is 10.2 Å². The van der Waals surface area contributed by atoms with Crippen LogP contribution in [0.15, 0.2) is 16.9 Å². The number of amides is 1. The van der Waals surface area contributed by atoms with Gasteiger partial charge in [0.25, 0.3) is 0 Å². The lowest BCUT2D eigenvalue weighted by Gasteiger charge is -2.13. The smallest absolute Gasteiger partial charge is 0.239 e. The van der Waals surface area contributed by atoms with Crippen LogP contribution in [0.25, 0.3) is 0 Å². The molecular weight excluding hydrogens is 178 g/mol. The van der Waals surface area contributed by atoms with E-state index in [-0.39, 0.29) is 5.91 Å². The Bertz CT molecular complexity index is 269. The van der Waals surface area contributed by atoms with Crippen LogP contribution in [0.4, 0.5) is 0 Å². The number of carbonyl (C=O) groups excluding carboxylic acids is 1. The molecule has 78 valence electrons. The van der Waals surface area contributed by atoms with Gasteiger partial charge in [-0.05, 0) is 32.5 Å². The normalized spacial score (nSPS) is 20.9. The zero-order chi connectivity index (χ0) is 10.6. The summed E-state index contributed by atoms with van der Waals surface area (Å²) in [7, 11) is 3.72. The highest BCUT2D eigenvalue weighted by atomic mass is 16.2. The SMILES string of the molecule is CC1C=NC(NC(=O)CN(C)C)=CC1. The highest BCUT2D eigenvalue weighted by molar-refractivity contribution is 5.80. The molecule has 0 radical (unpaired) electrons. The minimum atomic E-state index is -0.0204. The van der Waals surface area contributed by atoms with Crippen LogP contribution < -0.4 is 5.32 Å². The molecule has 0 spiro atoms. The van der Waals surface area contributed by atoms with Crippen molar-refractivity contribution in [2.24, 2.45) is 10.9 Å². The average Bonchev–Trinajstić information content (AvgIpc) is 2.07. The first-order valence-corrected chi connectivity index (χ1v) is 4.77. The lowest BCUT2D eigenvalue weighted by atomic mass is 10.1. The van der Waals surface area contributed by atoms with Crippen molar-refractivity contribution in [2.75, 3.05) is 20.6 Å². The molecule has 1 heterocycles. The summed E-state index contributed by atoms with van der Waals surface area (Å²) in [6, 6.07) is 0. The van der Waals surface area contributed by atoms with Crippen LogP contribution in [0.1, 0.15) is 13.3 Å². The fourth-order valence-electron chi connectivity index (χ4n) is 1.17. The second-order valence-corrected chi connectivity index (χ2v) is 3.87. The molecule has 4 heteroatoms. The highest BCUT2D eigenvalue weighted by Crippen LogP contribution is 2.09. The molecule has 0 aromatic rings. The van der Waals surface area contributed by atoms with Crippen LogP contribution in [-0.4, -0.2) is 37.7 Å². The molecule has 1 atom stereocenters. The first-order valence-electron chi connectivity index (χ1n) is 4.77. The predicted molar refractivity (Wildman–Crippen MR) is 57.1 cm³/mol. The third-order valence-electron chi connectivity index (χ3n) is 1.88. The second-order valence-electron chi connectivity index (χ2n) is 3.87. The standard InChI is InChI=1S/C10H17N3O/c1-8-4-5-9(11-6-8)12-10(14)7-13(2)3/h5-6,8H,4,7H2,1-3H3,(H,12,14). The first kappa shape index (κ1) is 10.9. The number of rotatable bonds is 3. The number of nitrogens with one attached hydrogen (secondary N) is 1. The van der Waals surface area contributed by atoms with Crippen molar-refractivity contribution in [3.63, 3.8) is 0 Å². The number of aliphatic imine (C=N–C) groups is 1. The first-order chi connectivity index (χ1) is 6.58. The van der Waals surface area contributed by atoms with Gasteiger partial charge in [-0.3, -0.25) is 4.79 Å². The lowest BCUT2D eigenvalue weighted by Crippen LogP contribution is -2.32. The number of hydrogen-bond acceptors (Lipinski definition) is 3. The molecule has 0 saturated heterocycles. The molecule has 0 bridgehead atoms. The van der Waals surface area contributed by atoms with Gasteiger partial charge in [-0.15, -0.1) is 0 Å². The fourth-order valence-corrected chi connectivity index (χ4v) is 1.17. The van der Waals surface area contributed by atoms with E-state index in [9.17, 15) is 4.79 Å². The summed E-state index contributed by atoms with van der Waals surface area (Å²) in [4.78, 5) is 17.3. The van der Waals surface area contributed by atoms with Gasteiger partial charge in [0, 0.05) is 6.21 Å². The largest absolute Gasteiger partial charge is 0.310 e. The van der Waals surface area contributed by atoms with Gasteiger partial charge in [0.15, 0.2) is 0 Å². The Labute approximate surface area is 84.7 Å². The molecule has 1 amide bonds. The van der Waals surface area contributed by atoms with Crippen LogP contribution in [-0.2, 0) is 4.79 Å². The predicted octanol–water partition coefficient (Wildman–Crippen LogP) is 0.616. The molecule has 1 rings (SSSR count). The monoisotopic (exact) mass is 195 g/mol. The van der Waals surface area contributed by atoms with E-state index in [1.54, 1.807) is 0 Å². The quantitative estimate of drug-likeness (QED) is 0.717. The molecule has 1 unspecified atom stereocenters. The van der Waals surface area contributed by atoms with Crippen molar-refractivity contribution < 1.29 is 4.79 Å². The molecule has 0 saturated carbocycles.